The van der Waals surface area contributed by atoms with Crippen LogP contribution < -0.4 is 0 Å². The van der Waals surface area contributed by atoms with Crippen LogP contribution in [0.25, 0.3) is 0 Å². The average Bonchev–Trinajstić information content (AvgIpc) is 2.17. The fourth-order valence-corrected chi connectivity index (χ4v) is 1.46. The standard InChI is InChI=1S/C8F3IN2/c9-5-3(1-13)7(11)8(12)4(2-14)6(5)10. The van der Waals surface area contributed by atoms with Gasteiger partial charge in [0, 0.05) is 0 Å². The molecule has 0 aromatic heterocycles. The number of rotatable bonds is 0. The van der Waals surface area contributed by atoms with Crippen LogP contribution in [0.4, 0.5) is 13.2 Å². The first-order valence-corrected chi connectivity index (χ1v) is 4.28. The summed E-state index contributed by atoms with van der Waals surface area (Å²) in [5.74, 6) is -4.32. The molecule has 0 heterocycles. The molecule has 0 fully saturated rings. The van der Waals surface area contributed by atoms with Gasteiger partial charge in [-0.05, 0) is 22.6 Å². The van der Waals surface area contributed by atoms with Crippen LogP contribution >= 0.6 is 22.6 Å². The second-order valence-corrected chi connectivity index (χ2v) is 3.31. The molecule has 0 aliphatic rings. The van der Waals surface area contributed by atoms with Crippen molar-refractivity contribution in [1.29, 1.82) is 10.5 Å². The van der Waals surface area contributed by atoms with Crippen molar-refractivity contribution in [3.05, 3.63) is 32.1 Å². The van der Waals surface area contributed by atoms with Crippen molar-refractivity contribution < 1.29 is 13.2 Å². The van der Waals surface area contributed by atoms with Crippen molar-refractivity contribution in [2.24, 2.45) is 0 Å². The number of nitriles is 2. The summed E-state index contributed by atoms with van der Waals surface area (Å²) in [6.07, 6.45) is 0. The van der Waals surface area contributed by atoms with Gasteiger partial charge in [0.25, 0.3) is 0 Å². The zero-order valence-corrected chi connectivity index (χ0v) is 8.56. The number of hydrogen-bond donors (Lipinski definition) is 0. The molecule has 1 rings (SSSR count). The highest BCUT2D eigenvalue weighted by molar-refractivity contribution is 14.1. The van der Waals surface area contributed by atoms with E-state index in [0.29, 0.717) is 0 Å². The van der Waals surface area contributed by atoms with Crippen molar-refractivity contribution in [3.8, 4) is 12.1 Å². The van der Waals surface area contributed by atoms with Gasteiger partial charge in [-0.1, -0.05) is 0 Å². The molecule has 1 aromatic rings. The van der Waals surface area contributed by atoms with E-state index in [9.17, 15) is 13.2 Å². The molecule has 0 saturated carbocycles. The van der Waals surface area contributed by atoms with Crippen molar-refractivity contribution >= 4 is 22.6 Å². The zero-order chi connectivity index (χ0) is 10.9. The lowest BCUT2D eigenvalue weighted by molar-refractivity contribution is 0.486. The van der Waals surface area contributed by atoms with E-state index in [2.05, 4.69) is 0 Å². The summed E-state index contributed by atoms with van der Waals surface area (Å²) in [4.78, 5) is 0. The third-order valence-electron chi connectivity index (χ3n) is 1.49. The highest BCUT2D eigenvalue weighted by Gasteiger charge is 2.23. The van der Waals surface area contributed by atoms with Gasteiger partial charge in [-0.25, -0.2) is 13.2 Å². The fraction of sp³-hybridized carbons (Fsp3) is 0. The molecule has 14 heavy (non-hydrogen) atoms. The maximum atomic E-state index is 13.1. The largest absolute Gasteiger partial charge is 0.204 e. The molecule has 1 aromatic carbocycles. The summed E-state index contributed by atoms with van der Waals surface area (Å²) >= 11 is 1.34. The van der Waals surface area contributed by atoms with Gasteiger partial charge in [0.2, 0.25) is 0 Å². The van der Waals surface area contributed by atoms with E-state index in [1.54, 1.807) is 0 Å². The molecule has 0 N–H and O–H groups in total. The van der Waals surface area contributed by atoms with Crippen LogP contribution in [0.2, 0.25) is 0 Å². The molecule has 6 heteroatoms. The molecular formula is C8F3IN2. The third-order valence-corrected chi connectivity index (χ3v) is 2.50. The number of halogens is 4. The van der Waals surface area contributed by atoms with Gasteiger partial charge in [0.15, 0.2) is 17.5 Å². The van der Waals surface area contributed by atoms with E-state index in [4.69, 9.17) is 10.5 Å². The van der Waals surface area contributed by atoms with Crippen molar-refractivity contribution in [2.75, 3.05) is 0 Å². The smallest absolute Gasteiger partial charge is 0.181 e. The molecule has 0 unspecified atom stereocenters. The molecule has 0 bridgehead atoms. The predicted octanol–water partition coefficient (Wildman–Crippen LogP) is 2.45. The lowest BCUT2D eigenvalue weighted by Gasteiger charge is -2.02. The minimum absolute atomic E-state index is 0.388. The normalized spacial score (nSPS) is 9.29. The van der Waals surface area contributed by atoms with Crippen LogP contribution in [-0.2, 0) is 0 Å². The van der Waals surface area contributed by atoms with Gasteiger partial charge in [-0.2, -0.15) is 10.5 Å². The summed E-state index contributed by atoms with van der Waals surface area (Å²) in [6, 6.07) is 2.52. The number of nitrogens with zero attached hydrogens (tertiary/aromatic N) is 2. The first kappa shape index (κ1) is 10.8. The third kappa shape index (κ3) is 1.42. The molecule has 0 amide bonds. The Morgan fingerprint density at radius 3 is 1.71 bits per heavy atom. The molecule has 70 valence electrons. The summed E-state index contributed by atoms with van der Waals surface area (Å²) in [5.41, 5.74) is -1.73. The summed E-state index contributed by atoms with van der Waals surface area (Å²) in [6.45, 7) is 0. The predicted molar refractivity (Wildman–Crippen MR) is 48.5 cm³/mol. The van der Waals surface area contributed by atoms with Crippen molar-refractivity contribution in [3.63, 3.8) is 0 Å². The van der Waals surface area contributed by atoms with E-state index in [-0.39, 0.29) is 3.57 Å². The Labute approximate surface area is 90.7 Å². The van der Waals surface area contributed by atoms with Gasteiger partial charge in [-0.15, -0.1) is 0 Å². The minimum atomic E-state index is -1.62. The topological polar surface area (TPSA) is 47.6 Å². The highest BCUT2D eigenvalue weighted by atomic mass is 127. The highest BCUT2D eigenvalue weighted by Crippen LogP contribution is 2.25. The minimum Gasteiger partial charge on any atom is -0.204 e. The van der Waals surface area contributed by atoms with Crippen LogP contribution in [0, 0.1) is 43.7 Å². The maximum Gasteiger partial charge on any atom is 0.181 e. The Morgan fingerprint density at radius 1 is 0.857 bits per heavy atom. The van der Waals surface area contributed by atoms with E-state index in [1.807, 2.05) is 0 Å². The number of hydrogen-bond acceptors (Lipinski definition) is 2. The fourth-order valence-electron chi connectivity index (χ4n) is 0.828. The summed E-state index contributed by atoms with van der Waals surface area (Å²) in [7, 11) is 0. The molecule has 0 spiro atoms. The molecule has 0 aliphatic heterocycles. The average molecular weight is 308 g/mol. The van der Waals surface area contributed by atoms with Crippen LogP contribution in [0.3, 0.4) is 0 Å². The zero-order valence-electron chi connectivity index (χ0n) is 6.41. The molecule has 0 aliphatic carbocycles. The second-order valence-electron chi connectivity index (χ2n) is 2.23. The van der Waals surface area contributed by atoms with E-state index in [1.165, 1.54) is 34.7 Å². The van der Waals surface area contributed by atoms with Gasteiger partial charge in [0.05, 0.1) is 3.57 Å². The Bertz CT molecular complexity index is 411. The monoisotopic (exact) mass is 308 g/mol. The van der Waals surface area contributed by atoms with Crippen LogP contribution in [-0.4, -0.2) is 0 Å². The Morgan fingerprint density at radius 2 is 1.29 bits per heavy atom. The quantitative estimate of drug-likeness (QED) is 0.546. The Hall–Kier alpha value is -1.28. The Balaban J connectivity index is 3.77. The van der Waals surface area contributed by atoms with Gasteiger partial charge < -0.3 is 0 Å². The van der Waals surface area contributed by atoms with Gasteiger partial charge >= 0.3 is 0 Å². The molecular weight excluding hydrogens is 308 g/mol. The van der Waals surface area contributed by atoms with Crippen LogP contribution in [0.1, 0.15) is 11.1 Å². The Kier molecular flexibility index (Phi) is 2.96. The second kappa shape index (κ2) is 3.84. The maximum absolute atomic E-state index is 13.1. The molecule has 0 saturated heterocycles. The van der Waals surface area contributed by atoms with Crippen LogP contribution in [0.15, 0.2) is 0 Å². The number of benzene rings is 1. The molecule has 0 radical (unpaired) electrons. The summed E-state index contributed by atoms with van der Waals surface area (Å²) < 4.78 is 38.6. The molecule has 2 nitrogen and oxygen atoms in total. The van der Waals surface area contributed by atoms with Gasteiger partial charge in [-0.3, -0.25) is 0 Å². The first-order valence-electron chi connectivity index (χ1n) is 3.20. The van der Waals surface area contributed by atoms with E-state index in [0.717, 1.165) is 0 Å². The van der Waals surface area contributed by atoms with Crippen LogP contribution in [0.5, 0.6) is 0 Å². The SMILES string of the molecule is N#Cc1c(F)c(F)c(C#N)c(I)c1F. The van der Waals surface area contributed by atoms with E-state index < -0.39 is 28.6 Å². The van der Waals surface area contributed by atoms with Crippen molar-refractivity contribution in [2.45, 2.75) is 0 Å². The lowest BCUT2D eigenvalue weighted by Crippen LogP contribution is -2.03. The van der Waals surface area contributed by atoms with Crippen molar-refractivity contribution in [1.82, 2.24) is 0 Å². The first-order chi connectivity index (χ1) is 6.54. The van der Waals surface area contributed by atoms with E-state index >= 15 is 0 Å². The molecule has 0 atom stereocenters. The lowest BCUT2D eigenvalue weighted by atomic mass is 10.1. The van der Waals surface area contributed by atoms with Gasteiger partial charge in [0.1, 0.15) is 23.3 Å². The summed E-state index contributed by atoms with van der Waals surface area (Å²) in [5, 5.41) is 16.7.